The van der Waals surface area contributed by atoms with Crippen molar-refractivity contribution in [2.75, 3.05) is 0 Å². The third kappa shape index (κ3) is 1.81. The summed E-state index contributed by atoms with van der Waals surface area (Å²) in [4.78, 5) is 0. The van der Waals surface area contributed by atoms with Crippen molar-refractivity contribution in [1.29, 1.82) is 0 Å². The number of hydrogen-bond donors (Lipinski definition) is 1. The molecule has 0 heterocycles. The van der Waals surface area contributed by atoms with E-state index in [0.717, 1.165) is 0 Å². The zero-order valence-electron chi connectivity index (χ0n) is 7.86. The molecule has 0 radical (unpaired) electrons. The van der Waals surface area contributed by atoms with E-state index in [1.54, 1.807) is 0 Å². The largest absolute Gasteiger partial charge is 0.344 e. The molecule has 3 N–H and O–H groups in total. The summed E-state index contributed by atoms with van der Waals surface area (Å²) in [5.41, 5.74) is 5.64. The predicted molar refractivity (Wildman–Crippen MR) is 50.4 cm³/mol. The average Bonchev–Trinajstić information content (AvgIpc) is 1.93. The normalized spacial score (nSPS) is 9.09. The minimum absolute atomic E-state index is 0. The smallest absolute Gasteiger partial charge is 0.0392 e. The monoisotopic (exact) mass is 151 g/mol. The number of hydrogen-bond acceptors (Lipinski definition) is 1. The second kappa shape index (κ2) is 3.54. The van der Waals surface area contributed by atoms with Crippen LogP contribution in [0.3, 0.4) is 0 Å². The van der Waals surface area contributed by atoms with E-state index in [9.17, 15) is 0 Å². The standard InChI is InChI=1S/C10H14.H3N/c1-7-5-6-8(2)10(4)9(7)3;/h5-6H,1-4H3;1H3. The lowest BCUT2D eigenvalue weighted by Gasteiger charge is -2.06. The van der Waals surface area contributed by atoms with Gasteiger partial charge in [0.25, 0.3) is 0 Å². The van der Waals surface area contributed by atoms with Gasteiger partial charge in [0.1, 0.15) is 0 Å². The van der Waals surface area contributed by atoms with Gasteiger partial charge in [-0.15, -0.1) is 0 Å². The van der Waals surface area contributed by atoms with E-state index in [0.29, 0.717) is 0 Å². The molecule has 1 rings (SSSR count). The molecule has 0 spiro atoms. The van der Waals surface area contributed by atoms with Crippen LogP contribution in [-0.2, 0) is 0 Å². The third-order valence-electron chi connectivity index (χ3n) is 2.33. The van der Waals surface area contributed by atoms with Crippen LogP contribution in [0.2, 0.25) is 0 Å². The van der Waals surface area contributed by atoms with Gasteiger partial charge in [0.05, 0.1) is 0 Å². The zero-order valence-corrected chi connectivity index (χ0v) is 7.86. The van der Waals surface area contributed by atoms with E-state index in [1.807, 2.05) is 0 Å². The van der Waals surface area contributed by atoms with E-state index < -0.39 is 0 Å². The van der Waals surface area contributed by atoms with Crippen molar-refractivity contribution in [2.45, 2.75) is 27.7 Å². The molecule has 0 aliphatic rings. The Morgan fingerprint density at radius 3 is 1.27 bits per heavy atom. The highest BCUT2D eigenvalue weighted by atomic mass is 14.0. The summed E-state index contributed by atoms with van der Waals surface area (Å²) in [7, 11) is 0. The molecule has 1 heteroatoms. The topological polar surface area (TPSA) is 35.0 Å². The molecule has 62 valence electrons. The fourth-order valence-electron chi connectivity index (χ4n) is 1.09. The van der Waals surface area contributed by atoms with Crippen LogP contribution in [0, 0.1) is 27.7 Å². The SMILES string of the molecule is Cc1ccc(C)c(C)c1C.N. The van der Waals surface area contributed by atoms with Gasteiger partial charge in [-0.05, 0) is 49.9 Å². The first-order chi connectivity index (χ1) is 4.63. The predicted octanol–water partition coefficient (Wildman–Crippen LogP) is 3.08. The highest BCUT2D eigenvalue weighted by molar-refractivity contribution is 5.37. The van der Waals surface area contributed by atoms with Gasteiger partial charge in [0.15, 0.2) is 0 Å². The molecule has 0 unspecified atom stereocenters. The molecule has 0 aromatic heterocycles. The summed E-state index contributed by atoms with van der Waals surface area (Å²) in [6.07, 6.45) is 0. The van der Waals surface area contributed by atoms with Crippen LogP contribution in [0.5, 0.6) is 0 Å². The number of benzene rings is 1. The molecule has 1 nitrogen and oxygen atoms in total. The Hall–Kier alpha value is -0.820. The summed E-state index contributed by atoms with van der Waals surface area (Å²) in [6.45, 7) is 8.67. The maximum Gasteiger partial charge on any atom is -0.0392 e. The minimum Gasteiger partial charge on any atom is -0.344 e. The minimum atomic E-state index is 0. The number of rotatable bonds is 0. The van der Waals surface area contributed by atoms with Gasteiger partial charge in [0, 0.05) is 0 Å². The molecule has 0 aliphatic carbocycles. The van der Waals surface area contributed by atoms with E-state index in [1.165, 1.54) is 22.3 Å². The first-order valence-corrected chi connectivity index (χ1v) is 3.66. The Kier molecular flexibility index (Phi) is 3.27. The molecule has 0 saturated heterocycles. The molecule has 0 bridgehead atoms. The van der Waals surface area contributed by atoms with Crippen molar-refractivity contribution in [3.8, 4) is 0 Å². The Balaban J connectivity index is 0.000001000. The maximum atomic E-state index is 2.18. The molecular formula is C10H17N. The van der Waals surface area contributed by atoms with Crippen molar-refractivity contribution >= 4 is 0 Å². The lowest BCUT2D eigenvalue weighted by atomic mass is 10.0. The number of aryl methyl sites for hydroxylation is 2. The van der Waals surface area contributed by atoms with Gasteiger partial charge in [-0.1, -0.05) is 12.1 Å². The Morgan fingerprint density at radius 1 is 0.727 bits per heavy atom. The lowest BCUT2D eigenvalue weighted by molar-refractivity contribution is 1.22. The first kappa shape index (κ1) is 10.2. The highest BCUT2D eigenvalue weighted by Crippen LogP contribution is 2.15. The molecule has 0 atom stereocenters. The molecule has 1 aromatic rings. The zero-order chi connectivity index (χ0) is 7.72. The van der Waals surface area contributed by atoms with Gasteiger partial charge < -0.3 is 6.15 Å². The lowest BCUT2D eigenvalue weighted by Crippen LogP contribution is -1.88. The van der Waals surface area contributed by atoms with Crippen molar-refractivity contribution in [2.24, 2.45) is 0 Å². The van der Waals surface area contributed by atoms with Crippen LogP contribution in [0.1, 0.15) is 22.3 Å². The van der Waals surface area contributed by atoms with Gasteiger partial charge in [-0.3, -0.25) is 0 Å². The molecular weight excluding hydrogens is 134 g/mol. The quantitative estimate of drug-likeness (QED) is 0.607. The molecule has 0 saturated carbocycles. The molecule has 11 heavy (non-hydrogen) atoms. The van der Waals surface area contributed by atoms with E-state index in [-0.39, 0.29) is 6.15 Å². The van der Waals surface area contributed by atoms with Gasteiger partial charge in [0.2, 0.25) is 0 Å². The van der Waals surface area contributed by atoms with Gasteiger partial charge >= 0.3 is 0 Å². The third-order valence-corrected chi connectivity index (χ3v) is 2.33. The highest BCUT2D eigenvalue weighted by Gasteiger charge is 1.97. The van der Waals surface area contributed by atoms with Crippen molar-refractivity contribution in [3.05, 3.63) is 34.4 Å². The summed E-state index contributed by atoms with van der Waals surface area (Å²) >= 11 is 0. The first-order valence-electron chi connectivity index (χ1n) is 3.66. The van der Waals surface area contributed by atoms with Crippen molar-refractivity contribution in [3.63, 3.8) is 0 Å². The van der Waals surface area contributed by atoms with Gasteiger partial charge in [-0.25, -0.2) is 0 Å². The van der Waals surface area contributed by atoms with Crippen LogP contribution in [0.15, 0.2) is 12.1 Å². The maximum absolute atomic E-state index is 2.18. The second-order valence-corrected chi connectivity index (χ2v) is 2.95. The molecule has 1 aromatic carbocycles. The van der Waals surface area contributed by atoms with Crippen LogP contribution in [-0.4, -0.2) is 0 Å². The Labute approximate surface area is 69.0 Å². The van der Waals surface area contributed by atoms with E-state index >= 15 is 0 Å². The van der Waals surface area contributed by atoms with E-state index in [4.69, 9.17) is 0 Å². The van der Waals surface area contributed by atoms with Crippen LogP contribution >= 0.6 is 0 Å². The summed E-state index contributed by atoms with van der Waals surface area (Å²) in [5, 5.41) is 0. The fraction of sp³-hybridized carbons (Fsp3) is 0.400. The van der Waals surface area contributed by atoms with Crippen LogP contribution in [0.4, 0.5) is 0 Å². The van der Waals surface area contributed by atoms with Crippen LogP contribution < -0.4 is 6.15 Å². The average molecular weight is 151 g/mol. The Morgan fingerprint density at radius 2 is 1.00 bits per heavy atom. The summed E-state index contributed by atoms with van der Waals surface area (Å²) in [5.74, 6) is 0. The summed E-state index contributed by atoms with van der Waals surface area (Å²) < 4.78 is 0. The molecule has 0 aliphatic heterocycles. The van der Waals surface area contributed by atoms with Crippen molar-refractivity contribution < 1.29 is 0 Å². The van der Waals surface area contributed by atoms with Crippen molar-refractivity contribution in [1.82, 2.24) is 6.15 Å². The Bertz CT molecular complexity index is 224. The fourth-order valence-corrected chi connectivity index (χ4v) is 1.09. The molecule has 0 fully saturated rings. The van der Waals surface area contributed by atoms with Gasteiger partial charge in [-0.2, -0.15) is 0 Å². The second-order valence-electron chi connectivity index (χ2n) is 2.95. The summed E-state index contributed by atoms with van der Waals surface area (Å²) in [6, 6.07) is 4.36. The van der Waals surface area contributed by atoms with Crippen LogP contribution in [0.25, 0.3) is 0 Å². The van der Waals surface area contributed by atoms with E-state index in [2.05, 4.69) is 39.8 Å². The molecule has 0 amide bonds.